The molecule has 218 valence electrons. The van der Waals surface area contributed by atoms with E-state index in [1.54, 1.807) is 27.7 Å². The zero-order valence-electron chi connectivity index (χ0n) is 21.8. The number of rotatable bonds is 8. The van der Waals surface area contributed by atoms with Crippen LogP contribution in [0.2, 0.25) is 0 Å². The van der Waals surface area contributed by atoms with Gasteiger partial charge in [0.1, 0.15) is 54.4 Å². The Hall–Kier alpha value is -1.33. The highest BCUT2D eigenvalue weighted by molar-refractivity contribution is 5.92. The maximum Gasteiger partial charge on any atom is 0.187 e. The molecule has 2 saturated heterocycles. The van der Waals surface area contributed by atoms with Crippen molar-refractivity contribution < 1.29 is 64.6 Å². The van der Waals surface area contributed by atoms with Gasteiger partial charge in [0.25, 0.3) is 0 Å². The summed E-state index contributed by atoms with van der Waals surface area (Å²) in [5, 5.41) is 81.7. The summed E-state index contributed by atoms with van der Waals surface area (Å²) in [4.78, 5) is 11.9. The molecule has 0 aromatic rings. The maximum atomic E-state index is 11.9. The van der Waals surface area contributed by atoms with Crippen LogP contribution in [0, 0.1) is 5.41 Å². The Balaban J connectivity index is 1.65. The number of carbonyl (C=O) groups is 1. The number of hydrogen-bond acceptors (Lipinski definition) is 13. The number of aliphatic hydroxyl groups excluding tert-OH is 7. The topological polar surface area (TPSA) is 216 Å². The molecule has 0 saturated carbocycles. The number of ketones is 1. The van der Waals surface area contributed by atoms with E-state index in [0.29, 0.717) is 5.57 Å². The molecule has 13 heteroatoms. The first-order valence-corrected chi connectivity index (χ1v) is 12.5. The smallest absolute Gasteiger partial charge is 0.187 e. The highest BCUT2D eigenvalue weighted by atomic mass is 16.7. The highest BCUT2D eigenvalue weighted by Crippen LogP contribution is 2.44. The molecule has 2 heterocycles. The molecule has 0 radical (unpaired) electrons. The van der Waals surface area contributed by atoms with Gasteiger partial charge in [-0.15, -0.1) is 0 Å². The summed E-state index contributed by atoms with van der Waals surface area (Å²) in [5.41, 5.74) is -1.74. The number of hydrogen-bond donors (Lipinski definition) is 8. The SMILES string of the molecule is CC1=CC(=O)CC(C)(C)C1(O)C=CC(C)OC1OC(COC2OC(CO)C(O)C(O)C2O)C(O)C(O)C1O. The average Bonchev–Trinajstić information content (AvgIpc) is 2.85. The van der Waals surface area contributed by atoms with Crippen molar-refractivity contribution >= 4 is 5.78 Å². The van der Waals surface area contributed by atoms with E-state index in [4.69, 9.17) is 18.9 Å². The fourth-order valence-corrected chi connectivity index (χ4v) is 4.96. The van der Waals surface area contributed by atoms with Crippen molar-refractivity contribution in [2.24, 2.45) is 5.41 Å². The van der Waals surface area contributed by atoms with E-state index in [1.165, 1.54) is 18.2 Å². The Morgan fingerprint density at radius 3 is 2.11 bits per heavy atom. The van der Waals surface area contributed by atoms with Gasteiger partial charge < -0.3 is 59.8 Å². The lowest BCUT2D eigenvalue weighted by Crippen LogP contribution is -2.62. The first kappa shape index (κ1) is 31.2. The Labute approximate surface area is 220 Å². The molecule has 0 aromatic heterocycles. The van der Waals surface area contributed by atoms with Crippen LogP contribution in [0.5, 0.6) is 0 Å². The number of allylic oxidation sites excluding steroid dienone is 1. The van der Waals surface area contributed by atoms with Crippen LogP contribution >= 0.6 is 0 Å². The molecule has 0 amide bonds. The van der Waals surface area contributed by atoms with Crippen LogP contribution in [0.4, 0.5) is 0 Å². The molecule has 8 N–H and O–H groups in total. The van der Waals surface area contributed by atoms with Crippen LogP contribution in [0.15, 0.2) is 23.8 Å². The van der Waals surface area contributed by atoms with Crippen molar-refractivity contribution in [3.8, 4) is 0 Å². The fraction of sp³-hybridized carbons (Fsp3) is 0.800. The second-order valence-corrected chi connectivity index (χ2v) is 10.9. The van der Waals surface area contributed by atoms with Crippen molar-refractivity contribution in [2.45, 2.75) is 107 Å². The van der Waals surface area contributed by atoms with Crippen LogP contribution in [0.1, 0.15) is 34.1 Å². The largest absolute Gasteiger partial charge is 0.394 e. The normalized spacial score (nSPS) is 44.7. The summed E-state index contributed by atoms with van der Waals surface area (Å²) in [7, 11) is 0. The molecular formula is C25H40O13. The van der Waals surface area contributed by atoms with Gasteiger partial charge in [-0.1, -0.05) is 19.9 Å². The first-order chi connectivity index (χ1) is 17.6. The Bertz CT molecular complexity index is 888. The van der Waals surface area contributed by atoms with Gasteiger partial charge in [-0.3, -0.25) is 4.79 Å². The van der Waals surface area contributed by atoms with E-state index in [-0.39, 0.29) is 12.2 Å². The van der Waals surface area contributed by atoms with Crippen LogP contribution in [-0.4, -0.2) is 133 Å². The van der Waals surface area contributed by atoms with Crippen LogP contribution < -0.4 is 0 Å². The van der Waals surface area contributed by atoms with Gasteiger partial charge in [0.05, 0.1) is 19.3 Å². The average molecular weight is 549 g/mol. The quantitative estimate of drug-likeness (QED) is 0.145. The van der Waals surface area contributed by atoms with Crippen LogP contribution in [0.3, 0.4) is 0 Å². The number of carbonyl (C=O) groups excluding carboxylic acids is 1. The van der Waals surface area contributed by atoms with Gasteiger partial charge in [0.15, 0.2) is 18.4 Å². The molecule has 1 aliphatic carbocycles. The van der Waals surface area contributed by atoms with E-state index in [1.807, 2.05) is 0 Å². The summed E-state index contributed by atoms with van der Waals surface area (Å²) >= 11 is 0. The van der Waals surface area contributed by atoms with Gasteiger partial charge >= 0.3 is 0 Å². The summed E-state index contributed by atoms with van der Waals surface area (Å²) < 4.78 is 22.0. The van der Waals surface area contributed by atoms with Crippen molar-refractivity contribution in [1.82, 2.24) is 0 Å². The maximum absolute atomic E-state index is 11.9. The van der Waals surface area contributed by atoms with Gasteiger partial charge in [-0.25, -0.2) is 0 Å². The zero-order valence-corrected chi connectivity index (χ0v) is 21.8. The summed E-state index contributed by atoms with van der Waals surface area (Å²) in [5.74, 6) is -0.0851. The van der Waals surface area contributed by atoms with E-state index in [9.17, 15) is 45.6 Å². The lowest BCUT2D eigenvalue weighted by molar-refractivity contribution is -0.333. The van der Waals surface area contributed by atoms with E-state index in [2.05, 4.69) is 0 Å². The minimum atomic E-state index is -1.69. The molecule has 3 aliphatic rings. The molecule has 13 nitrogen and oxygen atoms in total. The van der Waals surface area contributed by atoms with Gasteiger partial charge in [-0.2, -0.15) is 0 Å². The molecule has 0 spiro atoms. The third-order valence-corrected chi connectivity index (χ3v) is 7.53. The number of ether oxygens (including phenoxy) is 4. The third kappa shape index (κ3) is 6.19. The fourth-order valence-electron chi connectivity index (χ4n) is 4.96. The van der Waals surface area contributed by atoms with Crippen molar-refractivity contribution in [3.63, 3.8) is 0 Å². The second-order valence-electron chi connectivity index (χ2n) is 10.9. The summed E-state index contributed by atoms with van der Waals surface area (Å²) in [6, 6.07) is 0. The van der Waals surface area contributed by atoms with Gasteiger partial charge in [-0.05, 0) is 31.6 Å². The molecule has 38 heavy (non-hydrogen) atoms. The Kier molecular flexibility index (Phi) is 9.89. The standard InChI is InChI=1S/C25H40O13/c1-11-7-13(27)8-24(3,4)25(11,34)6-5-12(2)36-23-21(33)19(31)17(29)15(38-23)10-35-22-20(32)18(30)16(28)14(9-26)37-22/h5-7,12,14-23,26,28-34H,8-10H2,1-4H3. The molecule has 2 fully saturated rings. The van der Waals surface area contributed by atoms with Crippen LogP contribution in [0.25, 0.3) is 0 Å². The number of aliphatic hydroxyl groups is 8. The van der Waals surface area contributed by atoms with E-state index >= 15 is 0 Å². The van der Waals surface area contributed by atoms with Crippen LogP contribution in [-0.2, 0) is 23.7 Å². The minimum Gasteiger partial charge on any atom is -0.394 e. The van der Waals surface area contributed by atoms with E-state index in [0.717, 1.165) is 0 Å². The van der Waals surface area contributed by atoms with Crippen molar-refractivity contribution in [3.05, 3.63) is 23.8 Å². The highest BCUT2D eigenvalue weighted by Gasteiger charge is 2.49. The van der Waals surface area contributed by atoms with Gasteiger partial charge in [0.2, 0.25) is 0 Å². The summed E-state index contributed by atoms with van der Waals surface area (Å²) in [6.07, 6.45) is -11.4. The second kappa shape index (κ2) is 12.0. The Morgan fingerprint density at radius 2 is 1.53 bits per heavy atom. The predicted molar refractivity (Wildman–Crippen MR) is 128 cm³/mol. The van der Waals surface area contributed by atoms with Crippen molar-refractivity contribution in [1.29, 1.82) is 0 Å². The lowest BCUT2D eigenvalue weighted by atomic mass is 9.64. The van der Waals surface area contributed by atoms with Gasteiger partial charge in [0, 0.05) is 11.8 Å². The van der Waals surface area contributed by atoms with E-state index < -0.39 is 91.7 Å². The molecule has 12 unspecified atom stereocenters. The lowest BCUT2D eigenvalue weighted by Gasteiger charge is -2.44. The molecule has 12 atom stereocenters. The zero-order chi connectivity index (χ0) is 28.6. The Morgan fingerprint density at radius 1 is 0.974 bits per heavy atom. The molecular weight excluding hydrogens is 508 g/mol. The predicted octanol–water partition coefficient (Wildman–Crippen LogP) is -2.75. The molecule has 2 aliphatic heterocycles. The molecule has 0 aromatic carbocycles. The minimum absolute atomic E-state index is 0.0851. The monoisotopic (exact) mass is 548 g/mol. The third-order valence-electron chi connectivity index (χ3n) is 7.53. The molecule has 0 bridgehead atoms. The first-order valence-electron chi connectivity index (χ1n) is 12.5. The molecule has 3 rings (SSSR count). The summed E-state index contributed by atoms with van der Waals surface area (Å²) in [6.45, 7) is 5.65. The van der Waals surface area contributed by atoms with Crippen molar-refractivity contribution in [2.75, 3.05) is 13.2 Å².